The minimum atomic E-state index is -0.957. The van der Waals surface area contributed by atoms with E-state index in [2.05, 4.69) is 31.0 Å². The van der Waals surface area contributed by atoms with Crippen molar-refractivity contribution in [3.05, 3.63) is 100 Å². The smallest absolute Gasteiger partial charge is 0.311 e. The second-order valence-corrected chi connectivity index (χ2v) is 8.66. The number of aromatic nitrogens is 1. The number of hydrogen-bond donors (Lipinski definition) is 1. The van der Waals surface area contributed by atoms with Crippen molar-refractivity contribution in [2.75, 3.05) is 0 Å². The molecule has 1 heterocycles. The standard InChI is InChI=1S/C27H23ClFNO2/c1-16(2)21-12-20-7-4-10-30-26(20)23(14-21)17-5-3-6-18(11-17)24(27(31)32)13-19-8-9-22(29)15-25(19)28/h3-12,14-16,24H,13H2,1-2H3,(H,31,32). The molecule has 3 nitrogen and oxygen atoms in total. The molecule has 5 heteroatoms. The number of carboxylic acid groups (broad SMARTS) is 1. The fourth-order valence-corrected chi connectivity index (χ4v) is 4.19. The number of nitrogens with zero attached hydrogens (tertiary/aromatic N) is 1. The maximum atomic E-state index is 13.4. The van der Waals surface area contributed by atoms with Crippen molar-refractivity contribution >= 4 is 28.5 Å². The first-order valence-electron chi connectivity index (χ1n) is 10.5. The van der Waals surface area contributed by atoms with Gasteiger partial charge in [-0.2, -0.15) is 0 Å². The number of fused-ring (bicyclic) bond motifs is 1. The van der Waals surface area contributed by atoms with Gasteiger partial charge >= 0.3 is 5.97 Å². The summed E-state index contributed by atoms with van der Waals surface area (Å²) in [5.74, 6) is -1.88. The van der Waals surface area contributed by atoms with Gasteiger partial charge in [0.25, 0.3) is 0 Å². The van der Waals surface area contributed by atoms with Gasteiger partial charge in [-0.15, -0.1) is 0 Å². The van der Waals surface area contributed by atoms with Gasteiger partial charge in [-0.1, -0.05) is 61.8 Å². The number of carbonyl (C=O) groups is 1. The summed E-state index contributed by atoms with van der Waals surface area (Å²) in [5, 5.41) is 11.2. The summed E-state index contributed by atoms with van der Waals surface area (Å²) in [5.41, 5.74) is 5.21. The Morgan fingerprint density at radius 2 is 1.84 bits per heavy atom. The van der Waals surface area contributed by atoms with E-state index in [4.69, 9.17) is 11.6 Å². The van der Waals surface area contributed by atoms with Gasteiger partial charge in [-0.25, -0.2) is 4.39 Å². The molecule has 0 aliphatic carbocycles. The van der Waals surface area contributed by atoms with Crippen LogP contribution in [0.5, 0.6) is 0 Å². The van der Waals surface area contributed by atoms with Crippen LogP contribution in [0.4, 0.5) is 4.39 Å². The van der Waals surface area contributed by atoms with Crippen LogP contribution in [-0.2, 0) is 11.2 Å². The summed E-state index contributed by atoms with van der Waals surface area (Å²) < 4.78 is 13.4. The van der Waals surface area contributed by atoms with Gasteiger partial charge in [0, 0.05) is 22.2 Å². The monoisotopic (exact) mass is 447 g/mol. The Balaban J connectivity index is 1.80. The van der Waals surface area contributed by atoms with Crippen molar-refractivity contribution in [3.8, 4) is 11.1 Å². The van der Waals surface area contributed by atoms with Gasteiger partial charge in [-0.05, 0) is 64.9 Å². The minimum Gasteiger partial charge on any atom is -0.481 e. The van der Waals surface area contributed by atoms with Gasteiger partial charge in [0.05, 0.1) is 11.4 Å². The molecule has 1 N–H and O–H groups in total. The van der Waals surface area contributed by atoms with Crippen LogP contribution in [0.2, 0.25) is 5.02 Å². The van der Waals surface area contributed by atoms with E-state index in [9.17, 15) is 14.3 Å². The first kappa shape index (κ1) is 22.0. The summed E-state index contributed by atoms with van der Waals surface area (Å²) in [7, 11) is 0. The lowest BCUT2D eigenvalue weighted by molar-refractivity contribution is -0.138. The fraction of sp³-hybridized carbons (Fsp3) is 0.185. The van der Waals surface area contributed by atoms with E-state index in [0.717, 1.165) is 22.0 Å². The largest absolute Gasteiger partial charge is 0.481 e. The van der Waals surface area contributed by atoms with Crippen LogP contribution in [0.1, 0.15) is 42.4 Å². The summed E-state index contributed by atoms with van der Waals surface area (Å²) in [4.78, 5) is 16.7. The molecule has 0 radical (unpaired) electrons. The second-order valence-electron chi connectivity index (χ2n) is 8.25. The van der Waals surface area contributed by atoms with Crippen molar-refractivity contribution in [3.63, 3.8) is 0 Å². The lowest BCUT2D eigenvalue weighted by Crippen LogP contribution is -2.15. The number of aliphatic carboxylic acids is 1. The Labute approximate surface area is 191 Å². The van der Waals surface area contributed by atoms with Crippen LogP contribution in [0, 0.1) is 5.82 Å². The van der Waals surface area contributed by atoms with Crippen LogP contribution in [-0.4, -0.2) is 16.1 Å². The molecule has 0 aliphatic rings. The zero-order valence-electron chi connectivity index (χ0n) is 17.8. The normalized spacial score (nSPS) is 12.3. The Morgan fingerprint density at radius 1 is 1.03 bits per heavy atom. The molecule has 32 heavy (non-hydrogen) atoms. The van der Waals surface area contributed by atoms with E-state index < -0.39 is 17.7 Å². The average molecular weight is 448 g/mol. The molecule has 0 fully saturated rings. The lowest BCUT2D eigenvalue weighted by atomic mass is 9.88. The highest BCUT2D eigenvalue weighted by atomic mass is 35.5. The van der Waals surface area contributed by atoms with E-state index >= 15 is 0 Å². The van der Waals surface area contributed by atoms with Crippen LogP contribution in [0.3, 0.4) is 0 Å². The van der Waals surface area contributed by atoms with Gasteiger partial charge in [0.15, 0.2) is 0 Å². The van der Waals surface area contributed by atoms with Crippen molar-refractivity contribution in [1.29, 1.82) is 0 Å². The summed E-state index contributed by atoms with van der Waals surface area (Å²) in [6, 6.07) is 19.8. The zero-order valence-corrected chi connectivity index (χ0v) is 18.6. The Kier molecular flexibility index (Phi) is 6.24. The third-order valence-electron chi connectivity index (χ3n) is 5.73. The first-order chi connectivity index (χ1) is 15.3. The molecule has 0 spiro atoms. The van der Waals surface area contributed by atoms with Crippen LogP contribution < -0.4 is 0 Å². The molecule has 162 valence electrons. The van der Waals surface area contributed by atoms with Gasteiger partial charge in [0.1, 0.15) is 5.82 Å². The number of benzene rings is 3. The summed E-state index contributed by atoms with van der Waals surface area (Å²) in [6.07, 6.45) is 1.93. The van der Waals surface area contributed by atoms with E-state index in [0.29, 0.717) is 17.0 Å². The molecule has 1 aromatic heterocycles. The van der Waals surface area contributed by atoms with E-state index in [1.165, 1.54) is 17.7 Å². The van der Waals surface area contributed by atoms with Gasteiger partial charge < -0.3 is 5.11 Å². The maximum absolute atomic E-state index is 13.4. The predicted octanol–water partition coefficient (Wildman–Crippen LogP) is 7.23. The Morgan fingerprint density at radius 3 is 2.56 bits per heavy atom. The fourth-order valence-electron chi connectivity index (χ4n) is 3.95. The number of halogens is 2. The minimum absolute atomic E-state index is 0.170. The van der Waals surface area contributed by atoms with E-state index in [-0.39, 0.29) is 11.4 Å². The van der Waals surface area contributed by atoms with Crippen molar-refractivity contribution in [2.45, 2.75) is 32.1 Å². The highest BCUT2D eigenvalue weighted by molar-refractivity contribution is 6.31. The average Bonchev–Trinajstić information content (AvgIpc) is 2.77. The van der Waals surface area contributed by atoms with E-state index in [1.807, 2.05) is 36.4 Å². The maximum Gasteiger partial charge on any atom is 0.311 e. The number of rotatable bonds is 6. The zero-order chi connectivity index (χ0) is 22.8. The number of pyridine rings is 1. The van der Waals surface area contributed by atoms with Crippen molar-refractivity contribution in [2.24, 2.45) is 0 Å². The number of carboxylic acids is 1. The molecule has 0 aliphatic heterocycles. The van der Waals surface area contributed by atoms with Gasteiger partial charge in [0.2, 0.25) is 0 Å². The second kappa shape index (κ2) is 9.09. The third-order valence-corrected chi connectivity index (χ3v) is 6.08. The Hall–Kier alpha value is -3.24. The molecular weight excluding hydrogens is 425 g/mol. The van der Waals surface area contributed by atoms with Crippen molar-refractivity contribution < 1.29 is 14.3 Å². The van der Waals surface area contributed by atoms with Crippen LogP contribution in [0.25, 0.3) is 22.0 Å². The van der Waals surface area contributed by atoms with E-state index in [1.54, 1.807) is 12.3 Å². The molecule has 3 aromatic carbocycles. The van der Waals surface area contributed by atoms with Gasteiger partial charge in [-0.3, -0.25) is 9.78 Å². The van der Waals surface area contributed by atoms with Crippen LogP contribution in [0.15, 0.2) is 72.9 Å². The molecule has 0 saturated heterocycles. The predicted molar refractivity (Wildman–Crippen MR) is 127 cm³/mol. The summed E-state index contributed by atoms with van der Waals surface area (Å²) >= 11 is 6.16. The first-order valence-corrected chi connectivity index (χ1v) is 10.9. The molecule has 1 atom stereocenters. The third kappa shape index (κ3) is 4.51. The number of hydrogen-bond acceptors (Lipinski definition) is 2. The SMILES string of the molecule is CC(C)c1cc(-c2cccc(C(Cc3ccc(F)cc3Cl)C(=O)O)c2)c2ncccc2c1. The molecule has 4 rings (SSSR count). The highest BCUT2D eigenvalue weighted by Gasteiger charge is 2.22. The molecule has 0 saturated carbocycles. The molecule has 0 amide bonds. The van der Waals surface area contributed by atoms with Crippen molar-refractivity contribution in [1.82, 2.24) is 4.98 Å². The Bertz CT molecular complexity index is 1300. The molecule has 4 aromatic rings. The molecule has 0 bridgehead atoms. The lowest BCUT2D eigenvalue weighted by Gasteiger charge is -2.17. The topological polar surface area (TPSA) is 50.2 Å². The summed E-state index contributed by atoms with van der Waals surface area (Å²) in [6.45, 7) is 4.29. The highest BCUT2D eigenvalue weighted by Crippen LogP contribution is 2.34. The van der Waals surface area contributed by atoms with Crippen LogP contribution >= 0.6 is 11.6 Å². The molecular formula is C27H23ClFNO2. The quantitative estimate of drug-likeness (QED) is 0.339. The molecule has 1 unspecified atom stereocenters.